The number of hydrogen-bond acceptors (Lipinski definition) is 1. The Kier molecular flexibility index (Phi) is 2.61. The van der Waals surface area contributed by atoms with E-state index in [2.05, 4.69) is 53.0 Å². The Morgan fingerprint density at radius 3 is 2.73 bits per heavy atom. The molecule has 0 saturated carbocycles. The fourth-order valence-corrected chi connectivity index (χ4v) is 1.96. The smallest absolute Gasteiger partial charge is 0.0457 e. The summed E-state index contributed by atoms with van der Waals surface area (Å²) in [6.07, 6.45) is 0. The van der Waals surface area contributed by atoms with Crippen molar-refractivity contribution < 1.29 is 0 Å². The number of halogens is 1. The predicted octanol–water partition coefficient (Wildman–Crippen LogP) is 3.17. The molecule has 0 atom stereocenters. The van der Waals surface area contributed by atoms with E-state index in [0.717, 1.165) is 9.99 Å². The fraction of sp³-hybridized carbons (Fsp3) is 0.333. The number of benzene rings is 1. The van der Waals surface area contributed by atoms with Crippen molar-refractivity contribution in [3.63, 3.8) is 0 Å². The highest BCUT2D eigenvalue weighted by atomic mass is 79.9. The van der Waals surface area contributed by atoms with E-state index in [1.54, 1.807) is 0 Å². The number of aromatic nitrogens is 1. The van der Waals surface area contributed by atoms with Crippen LogP contribution in [0.3, 0.4) is 0 Å². The number of aromatic amines is 1. The zero-order valence-corrected chi connectivity index (χ0v) is 10.6. The second-order valence-corrected chi connectivity index (χ2v) is 5.42. The summed E-state index contributed by atoms with van der Waals surface area (Å²) >= 11 is 3.47. The molecule has 0 bridgehead atoms. The maximum atomic E-state index is 5.76. The van der Waals surface area contributed by atoms with Crippen LogP contribution in [-0.4, -0.2) is 11.5 Å². The molecule has 0 radical (unpaired) electrons. The van der Waals surface area contributed by atoms with E-state index in [1.165, 1.54) is 11.1 Å². The van der Waals surface area contributed by atoms with Crippen molar-refractivity contribution in [1.82, 2.24) is 4.98 Å². The van der Waals surface area contributed by atoms with Crippen LogP contribution in [0.25, 0.3) is 10.9 Å². The third kappa shape index (κ3) is 1.94. The van der Waals surface area contributed by atoms with Gasteiger partial charge in [0.1, 0.15) is 0 Å². The minimum atomic E-state index is 0.00545. The van der Waals surface area contributed by atoms with E-state index in [4.69, 9.17) is 5.73 Å². The summed E-state index contributed by atoms with van der Waals surface area (Å²) in [7, 11) is 0. The van der Waals surface area contributed by atoms with Crippen LogP contribution in [0.15, 0.2) is 28.7 Å². The van der Waals surface area contributed by atoms with Gasteiger partial charge in [-0.15, -0.1) is 0 Å². The van der Waals surface area contributed by atoms with Crippen LogP contribution in [0.5, 0.6) is 0 Å². The van der Waals surface area contributed by atoms with E-state index in [1.807, 2.05) is 6.07 Å². The van der Waals surface area contributed by atoms with Crippen molar-refractivity contribution in [3.8, 4) is 0 Å². The van der Waals surface area contributed by atoms with Gasteiger partial charge in [0.15, 0.2) is 0 Å². The Morgan fingerprint density at radius 1 is 1.33 bits per heavy atom. The Labute approximate surface area is 98.0 Å². The Balaban J connectivity index is 2.56. The van der Waals surface area contributed by atoms with E-state index in [0.29, 0.717) is 6.54 Å². The Morgan fingerprint density at radius 2 is 2.07 bits per heavy atom. The number of fused-ring (bicyclic) bond motifs is 1. The van der Waals surface area contributed by atoms with Crippen LogP contribution in [-0.2, 0) is 5.41 Å². The van der Waals surface area contributed by atoms with Crippen LogP contribution < -0.4 is 5.73 Å². The van der Waals surface area contributed by atoms with Gasteiger partial charge < -0.3 is 10.7 Å². The molecule has 2 aromatic rings. The number of hydrogen-bond donors (Lipinski definition) is 2. The van der Waals surface area contributed by atoms with Gasteiger partial charge in [0, 0.05) is 33.0 Å². The molecule has 3 N–H and O–H groups in total. The Hall–Kier alpha value is -0.800. The third-order valence-electron chi connectivity index (χ3n) is 2.82. The van der Waals surface area contributed by atoms with Gasteiger partial charge in [0.05, 0.1) is 0 Å². The molecule has 2 rings (SSSR count). The molecule has 0 amide bonds. The maximum Gasteiger partial charge on any atom is 0.0457 e. The van der Waals surface area contributed by atoms with Crippen molar-refractivity contribution in [2.24, 2.45) is 5.73 Å². The van der Waals surface area contributed by atoms with Gasteiger partial charge in [-0.1, -0.05) is 29.8 Å². The topological polar surface area (TPSA) is 41.8 Å². The van der Waals surface area contributed by atoms with Crippen LogP contribution in [0, 0.1) is 0 Å². The number of nitrogens with two attached hydrogens (primary N) is 1. The molecular weight excluding hydrogens is 252 g/mol. The Bertz CT molecular complexity index is 485. The first-order valence-electron chi connectivity index (χ1n) is 5.02. The molecule has 1 aromatic carbocycles. The normalized spacial score (nSPS) is 12.3. The number of nitrogens with one attached hydrogen (secondary N) is 1. The zero-order valence-electron chi connectivity index (χ0n) is 8.97. The fourth-order valence-electron chi connectivity index (χ4n) is 1.58. The predicted molar refractivity (Wildman–Crippen MR) is 68.1 cm³/mol. The molecule has 2 nitrogen and oxygen atoms in total. The molecule has 0 saturated heterocycles. The highest BCUT2D eigenvalue weighted by Crippen LogP contribution is 2.27. The summed E-state index contributed by atoms with van der Waals surface area (Å²) in [5.41, 5.74) is 8.12. The third-order valence-corrected chi connectivity index (χ3v) is 3.32. The largest absolute Gasteiger partial charge is 0.358 e. The van der Waals surface area contributed by atoms with Crippen molar-refractivity contribution in [1.29, 1.82) is 0 Å². The van der Waals surface area contributed by atoms with Gasteiger partial charge in [0.25, 0.3) is 0 Å². The lowest BCUT2D eigenvalue weighted by Crippen LogP contribution is -2.28. The molecule has 0 spiro atoms. The van der Waals surface area contributed by atoms with Gasteiger partial charge >= 0.3 is 0 Å². The minimum Gasteiger partial charge on any atom is -0.358 e. The average Bonchev–Trinajstić information content (AvgIpc) is 2.61. The molecule has 1 aromatic heterocycles. The van der Waals surface area contributed by atoms with Crippen LogP contribution in [0.4, 0.5) is 0 Å². The highest BCUT2D eigenvalue weighted by molar-refractivity contribution is 9.10. The molecule has 0 fully saturated rings. The lowest BCUT2D eigenvalue weighted by Gasteiger charge is -2.20. The van der Waals surface area contributed by atoms with E-state index in [9.17, 15) is 0 Å². The van der Waals surface area contributed by atoms with Crippen molar-refractivity contribution in [2.45, 2.75) is 19.3 Å². The molecule has 0 unspecified atom stereocenters. The molecular formula is C12H15BrN2. The van der Waals surface area contributed by atoms with Gasteiger partial charge in [-0.2, -0.15) is 0 Å². The van der Waals surface area contributed by atoms with Gasteiger partial charge in [-0.05, 0) is 24.3 Å². The molecule has 0 aliphatic rings. The molecule has 0 aliphatic heterocycles. The summed E-state index contributed by atoms with van der Waals surface area (Å²) in [6, 6.07) is 8.41. The first-order valence-corrected chi connectivity index (χ1v) is 5.81. The lowest BCUT2D eigenvalue weighted by atomic mass is 9.90. The zero-order chi connectivity index (χ0) is 11.1. The first-order chi connectivity index (χ1) is 7.03. The van der Waals surface area contributed by atoms with Gasteiger partial charge in [0.2, 0.25) is 0 Å². The van der Waals surface area contributed by atoms with Gasteiger partial charge in [-0.25, -0.2) is 0 Å². The summed E-state index contributed by atoms with van der Waals surface area (Å²) in [4.78, 5) is 3.41. The van der Waals surface area contributed by atoms with E-state index >= 15 is 0 Å². The minimum absolute atomic E-state index is 0.00545. The quantitative estimate of drug-likeness (QED) is 0.862. The average molecular weight is 267 g/mol. The second-order valence-electron chi connectivity index (χ2n) is 4.50. The van der Waals surface area contributed by atoms with Crippen molar-refractivity contribution in [3.05, 3.63) is 34.4 Å². The van der Waals surface area contributed by atoms with Crippen LogP contribution in [0.2, 0.25) is 0 Å². The molecule has 0 aliphatic carbocycles. The monoisotopic (exact) mass is 266 g/mol. The second kappa shape index (κ2) is 3.65. The van der Waals surface area contributed by atoms with Crippen molar-refractivity contribution in [2.75, 3.05) is 6.54 Å². The molecule has 3 heteroatoms. The number of H-pyrrole nitrogens is 1. The van der Waals surface area contributed by atoms with Crippen LogP contribution in [0.1, 0.15) is 19.5 Å². The summed E-state index contributed by atoms with van der Waals surface area (Å²) in [5.74, 6) is 0. The van der Waals surface area contributed by atoms with Gasteiger partial charge in [-0.3, -0.25) is 0 Å². The summed E-state index contributed by atoms with van der Waals surface area (Å²) in [5, 5.41) is 1.22. The van der Waals surface area contributed by atoms with E-state index < -0.39 is 0 Å². The highest BCUT2D eigenvalue weighted by Gasteiger charge is 2.20. The van der Waals surface area contributed by atoms with Crippen molar-refractivity contribution >= 4 is 26.8 Å². The summed E-state index contributed by atoms with van der Waals surface area (Å²) < 4.78 is 1.10. The summed E-state index contributed by atoms with van der Waals surface area (Å²) in [6.45, 7) is 4.93. The SMILES string of the molecule is CC(C)(CN)c1cc2cc(Br)ccc2[nH]1. The molecule has 80 valence electrons. The lowest BCUT2D eigenvalue weighted by molar-refractivity contribution is 0.526. The molecule has 15 heavy (non-hydrogen) atoms. The maximum absolute atomic E-state index is 5.76. The molecule has 1 heterocycles. The van der Waals surface area contributed by atoms with E-state index in [-0.39, 0.29) is 5.41 Å². The van der Waals surface area contributed by atoms with Crippen LogP contribution >= 0.6 is 15.9 Å². The number of rotatable bonds is 2. The standard InChI is InChI=1S/C12H15BrN2/c1-12(2,7-14)11-6-8-5-9(13)3-4-10(8)15-11/h3-6,15H,7,14H2,1-2H3. The first kappa shape index (κ1) is 10.7.